The van der Waals surface area contributed by atoms with Crippen molar-refractivity contribution >= 4 is 46.8 Å². The fraction of sp³-hybridized carbons (Fsp3) is 0.417. The van der Waals surface area contributed by atoms with Crippen molar-refractivity contribution in [3.8, 4) is 0 Å². The van der Waals surface area contributed by atoms with Crippen molar-refractivity contribution in [1.29, 1.82) is 0 Å². The number of hydrogen-bond acceptors (Lipinski definition) is 2. The highest BCUT2D eigenvalue weighted by molar-refractivity contribution is 8.52. The summed E-state index contributed by atoms with van der Waals surface area (Å²) < 4.78 is 43.4. The van der Waals surface area contributed by atoms with E-state index in [4.69, 9.17) is 11.6 Å². The van der Waals surface area contributed by atoms with Crippen molar-refractivity contribution < 1.29 is 21.8 Å². The normalized spacial score (nSPS) is 17.7. The van der Waals surface area contributed by atoms with Gasteiger partial charge in [0.25, 0.3) is 4.38 Å². The van der Waals surface area contributed by atoms with Crippen LogP contribution in [-0.2, 0) is 0 Å². The van der Waals surface area contributed by atoms with Crippen LogP contribution in [0, 0.1) is 0 Å². The third-order valence-corrected chi connectivity index (χ3v) is 5.88. The lowest BCUT2D eigenvalue weighted by atomic mass is 10.2. The Morgan fingerprint density at radius 3 is 1.86 bits per heavy atom. The minimum Gasteiger partial charge on any atom is -0.418 e. The zero-order chi connectivity index (χ0) is 16.0. The first-order valence-corrected chi connectivity index (χ1v) is 8.46. The van der Waals surface area contributed by atoms with Gasteiger partial charge >= 0.3 is 7.25 Å². The molecule has 1 aliphatic rings. The summed E-state index contributed by atoms with van der Waals surface area (Å²) in [6, 6.07) is 8.17. The van der Waals surface area contributed by atoms with Crippen LogP contribution in [-0.4, -0.2) is 29.3 Å². The summed E-state index contributed by atoms with van der Waals surface area (Å²) in [6.45, 7) is 6.60. The molecule has 118 valence electrons. The van der Waals surface area contributed by atoms with Crippen LogP contribution in [0.5, 0.6) is 0 Å². The maximum Gasteiger partial charge on any atom is 0.673 e. The number of halogens is 5. The second-order valence-corrected chi connectivity index (χ2v) is 7.23. The average Bonchev–Trinajstić information content (AvgIpc) is 2.33. The predicted octanol–water partition coefficient (Wildman–Crippen LogP) is 5.53. The van der Waals surface area contributed by atoms with E-state index in [0.29, 0.717) is 4.58 Å². The summed E-state index contributed by atoms with van der Waals surface area (Å²) in [5.74, 6) is 0. The minimum absolute atomic E-state index is 0.549. The highest BCUT2D eigenvalue weighted by Gasteiger charge is 2.35. The SMILES string of the molecule is CC[N+](CC)=C1SC(c2ccc(Cl)cc2)S1.F[B-](F)(F)F. The lowest BCUT2D eigenvalue weighted by Crippen LogP contribution is -2.22. The van der Waals surface area contributed by atoms with Crippen LogP contribution >= 0.6 is 35.1 Å². The third-order valence-electron chi connectivity index (χ3n) is 2.58. The Kier molecular flexibility index (Phi) is 7.43. The largest absolute Gasteiger partial charge is 0.673 e. The topological polar surface area (TPSA) is 3.01 Å². The molecule has 0 saturated carbocycles. The quantitative estimate of drug-likeness (QED) is 0.397. The number of nitrogens with zero attached hydrogens (tertiary/aromatic N) is 1. The van der Waals surface area contributed by atoms with E-state index >= 15 is 0 Å². The third kappa shape index (κ3) is 6.97. The van der Waals surface area contributed by atoms with E-state index in [1.807, 2.05) is 35.7 Å². The first kappa shape index (κ1) is 18.7. The number of benzene rings is 1. The van der Waals surface area contributed by atoms with Crippen molar-refractivity contribution in [3.63, 3.8) is 0 Å². The molecule has 1 fully saturated rings. The van der Waals surface area contributed by atoms with Crippen LogP contribution in [0.3, 0.4) is 0 Å². The molecule has 21 heavy (non-hydrogen) atoms. The molecule has 1 saturated heterocycles. The first-order valence-electron chi connectivity index (χ1n) is 6.32. The van der Waals surface area contributed by atoms with Gasteiger partial charge < -0.3 is 17.3 Å². The minimum atomic E-state index is -6.00. The molecule has 0 amide bonds. The molecule has 1 aliphatic heterocycles. The van der Waals surface area contributed by atoms with Crippen LogP contribution in [0.25, 0.3) is 0 Å². The summed E-state index contributed by atoms with van der Waals surface area (Å²) >= 11 is 9.78. The van der Waals surface area contributed by atoms with E-state index in [9.17, 15) is 17.3 Å². The van der Waals surface area contributed by atoms with E-state index in [1.54, 1.807) is 0 Å². The highest BCUT2D eigenvalue weighted by atomic mass is 35.5. The zero-order valence-electron chi connectivity index (χ0n) is 11.5. The zero-order valence-corrected chi connectivity index (χ0v) is 13.9. The standard InChI is InChI=1S/C12H15ClNS2.BF4/c1-3-14(4-2)12-15-11(16-12)9-5-7-10(13)8-6-9;2-1(3,4)5/h5-8,11H,3-4H2,1-2H3;/q+1;-1. The molecule has 0 unspecified atom stereocenters. The molecule has 0 atom stereocenters. The van der Waals surface area contributed by atoms with Gasteiger partial charge in [0.2, 0.25) is 0 Å². The smallest absolute Gasteiger partial charge is 0.418 e. The van der Waals surface area contributed by atoms with Crippen LogP contribution in [0.2, 0.25) is 5.02 Å². The van der Waals surface area contributed by atoms with Gasteiger partial charge in [-0.3, -0.25) is 0 Å². The summed E-state index contributed by atoms with van der Waals surface area (Å²) in [5, 5.41) is 0.811. The van der Waals surface area contributed by atoms with Gasteiger partial charge in [0.05, 0.1) is 4.58 Å². The van der Waals surface area contributed by atoms with Gasteiger partial charge in [-0.2, -0.15) is 0 Å². The Morgan fingerprint density at radius 2 is 1.48 bits per heavy atom. The molecule has 0 radical (unpaired) electrons. The Hall–Kier alpha value is -0.335. The molecule has 1 heterocycles. The van der Waals surface area contributed by atoms with Crippen molar-refractivity contribution in [2.45, 2.75) is 18.4 Å². The summed E-state index contributed by atoms with van der Waals surface area (Å²) in [4.78, 5) is 0. The van der Waals surface area contributed by atoms with E-state index in [-0.39, 0.29) is 0 Å². The van der Waals surface area contributed by atoms with E-state index < -0.39 is 7.25 Å². The molecule has 0 bridgehead atoms. The Bertz CT molecular complexity index is 473. The first-order chi connectivity index (χ1) is 9.74. The molecule has 1 aromatic rings. The molecule has 2 rings (SSSR count). The highest BCUT2D eigenvalue weighted by Crippen LogP contribution is 2.53. The van der Waals surface area contributed by atoms with E-state index in [1.165, 1.54) is 9.94 Å². The Labute approximate surface area is 135 Å². The second-order valence-electron chi connectivity index (χ2n) is 4.05. The molecule has 0 aromatic heterocycles. The van der Waals surface area contributed by atoms with Crippen LogP contribution in [0.1, 0.15) is 24.0 Å². The second kappa shape index (κ2) is 8.34. The molecule has 9 heteroatoms. The van der Waals surface area contributed by atoms with Gasteiger partial charge in [-0.25, -0.2) is 4.58 Å². The summed E-state index contributed by atoms with van der Waals surface area (Å²) in [5.41, 5.74) is 1.36. The van der Waals surface area contributed by atoms with Gasteiger partial charge in [-0.15, -0.1) is 0 Å². The molecule has 0 N–H and O–H groups in total. The molecule has 0 aliphatic carbocycles. The molecular formula is C12H15BClF4NS2. The molecular weight excluding hydrogens is 345 g/mol. The van der Waals surface area contributed by atoms with Gasteiger partial charge in [0.1, 0.15) is 13.1 Å². The van der Waals surface area contributed by atoms with Crippen molar-refractivity contribution in [2.24, 2.45) is 0 Å². The fourth-order valence-electron chi connectivity index (χ4n) is 1.58. The lowest BCUT2D eigenvalue weighted by molar-refractivity contribution is -0.515. The molecule has 0 spiro atoms. The van der Waals surface area contributed by atoms with Gasteiger partial charge in [-0.05, 0) is 55.1 Å². The van der Waals surface area contributed by atoms with Crippen molar-refractivity contribution in [1.82, 2.24) is 0 Å². The number of thioether (sulfide) groups is 2. The van der Waals surface area contributed by atoms with E-state index in [0.717, 1.165) is 18.1 Å². The van der Waals surface area contributed by atoms with Gasteiger partial charge in [0, 0.05) is 5.02 Å². The Morgan fingerprint density at radius 1 is 1.05 bits per heavy atom. The Balaban J connectivity index is 0.000000383. The van der Waals surface area contributed by atoms with Gasteiger partial charge in [0.15, 0.2) is 0 Å². The van der Waals surface area contributed by atoms with Crippen molar-refractivity contribution in [2.75, 3.05) is 13.1 Å². The summed E-state index contributed by atoms with van der Waals surface area (Å²) in [7, 11) is -6.00. The lowest BCUT2D eigenvalue weighted by Gasteiger charge is -2.24. The maximum absolute atomic E-state index is 9.75. The van der Waals surface area contributed by atoms with Crippen LogP contribution < -0.4 is 0 Å². The average molecular weight is 360 g/mol. The monoisotopic (exact) mass is 359 g/mol. The maximum atomic E-state index is 9.75. The van der Waals surface area contributed by atoms with E-state index in [2.05, 4.69) is 30.6 Å². The van der Waals surface area contributed by atoms with Crippen molar-refractivity contribution in [3.05, 3.63) is 34.9 Å². The summed E-state index contributed by atoms with van der Waals surface area (Å²) in [6.07, 6.45) is 0. The number of rotatable bonds is 3. The van der Waals surface area contributed by atoms with Crippen LogP contribution in [0.4, 0.5) is 17.3 Å². The predicted molar refractivity (Wildman–Crippen MR) is 85.9 cm³/mol. The molecule has 1 nitrogen and oxygen atoms in total. The molecule has 1 aromatic carbocycles. The fourth-order valence-corrected chi connectivity index (χ4v) is 4.33. The van der Waals surface area contributed by atoms with Crippen LogP contribution in [0.15, 0.2) is 24.3 Å². The van der Waals surface area contributed by atoms with Gasteiger partial charge in [-0.1, -0.05) is 23.7 Å². The number of hydrogen-bond donors (Lipinski definition) is 0.